The summed E-state index contributed by atoms with van der Waals surface area (Å²) in [5.74, 6) is -5.61. The maximum atomic E-state index is 12.5. The van der Waals surface area contributed by atoms with Gasteiger partial charge in [-0.1, -0.05) is 13.8 Å². The van der Waals surface area contributed by atoms with Crippen molar-refractivity contribution in [2.24, 2.45) is 28.1 Å². The van der Waals surface area contributed by atoms with E-state index in [0.29, 0.717) is 6.42 Å². The summed E-state index contributed by atoms with van der Waals surface area (Å²) in [6, 6.07) is -4.91. The summed E-state index contributed by atoms with van der Waals surface area (Å²) in [5.41, 5.74) is 16.1. The Balaban J connectivity index is 5.01. The molecule has 182 valence electrons. The number of carboxylic acid groups (broad SMARTS) is 2. The molecule has 0 saturated carbocycles. The van der Waals surface area contributed by atoms with Crippen LogP contribution < -0.4 is 33.2 Å². The fourth-order valence-electron chi connectivity index (χ4n) is 2.48. The summed E-state index contributed by atoms with van der Waals surface area (Å²) in [6.45, 7) is 4.73. The second-order valence-corrected chi connectivity index (χ2v) is 7.51. The van der Waals surface area contributed by atoms with Crippen molar-refractivity contribution in [3.63, 3.8) is 0 Å². The lowest BCUT2D eigenvalue weighted by atomic mass is 10.0. The van der Waals surface area contributed by atoms with E-state index in [-0.39, 0.29) is 18.9 Å². The smallest absolute Gasteiger partial charge is 0.326 e. The first-order valence-corrected chi connectivity index (χ1v) is 9.92. The second kappa shape index (κ2) is 13.8. The number of carboxylic acids is 2. The Hall–Kier alpha value is -3.42. The first kappa shape index (κ1) is 28.6. The highest BCUT2D eigenvalue weighted by molar-refractivity contribution is 5.95. The van der Waals surface area contributed by atoms with Gasteiger partial charge in [0.05, 0.1) is 12.5 Å². The topological polar surface area (TPSA) is 252 Å². The third-order valence-electron chi connectivity index (χ3n) is 4.30. The number of carbonyl (C=O) groups is 5. The Morgan fingerprint density at radius 2 is 1.50 bits per heavy atom. The van der Waals surface area contributed by atoms with Crippen LogP contribution >= 0.6 is 0 Å². The number of amides is 3. The number of aliphatic imine (C=N–C) groups is 1. The fourth-order valence-corrected chi connectivity index (χ4v) is 2.48. The summed E-state index contributed by atoms with van der Waals surface area (Å²) in [7, 11) is 0. The highest BCUT2D eigenvalue weighted by atomic mass is 16.4. The van der Waals surface area contributed by atoms with E-state index >= 15 is 0 Å². The minimum atomic E-state index is -1.50. The molecule has 0 aliphatic rings. The number of hydrogen-bond acceptors (Lipinski definition) is 7. The van der Waals surface area contributed by atoms with E-state index in [1.807, 2.05) is 0 Å². The zero-order valence-corrected chi connectivity index (χ0v) is 18.3. The molecule has 0 rings (SSSR count). The molecule has 0 spiro atoms. The molecule has 4 atom stereocenters. The van der Waals surface area contributed by atoms with E-state index in [9.17, 15) is 24.0 Å². The Labute approximate surface area is 185 Å². The Morgan fingerprint density at radius 1 is 0.906 bits per heavy atom. The van der Waals surface area contributed by atoms with E-state index in [1.54, 1.807) is 13.8 Å². The van der Waals surface area contributed by atoms with Gasteiger partial charge < -0.3 is 43.4 Å². The molecule has 0 bridgehead atoms. The average Bonchev–Trinajstić information content (AvgIpc) is 2.67. The van der Waals surface area contributed by atoms with Crippen molar-refractivity contribution in [1.29, 1.82) is 0 Å². The molecule has 0 aliphatic carbocycles. The van der Waals surface area contributed by atoms with Crippen molar-refractivity contribution in [2.45, 2.75) is 64.2 Å². The van der Waals surface area contributed by atoms with Crippen LogP contribution in [0.5, 0.6) is 0 Å². The lowest BCUT2D eigenvalue weighted by Crippen LogP contribution is -2.57. The number of nitrogens with one attached hydrogen (secondary N) is 3. The SMILES string of the molecule is CC(NC(=O)C(CC(=O)O)NC(=O)C(N)CCCN=C(N)N)C(=O)NC(C(=O)O)C(C)C. The number of nitrogens with two attached hydrogens (primary N) is 3. The van der Waals surface area contributed by atoms with Gasteiger partial charge in [0.1, 0.15) is 18.1 Å². The van der Waals surface area contributed by atoms with E-state index in [4.69, 9.17) is 27.4 Å². The average molecular weight is 460 g/mol. The van der Waals surface area contributed by atoms with Crippen LogP contribution in [-0.4, -0.2) is 76.5 Å². The third kappa shape index (κ3) is 11.1. The number of carbonyl (C=O) groups excluding carboxylic acids is 3. The molecule has 0 saturated heterocycles. The minimum Gasteiger partial charge on any atom is -0.481 e. The van der Waals surface area contributed by atoms with Crippen LogP contribution in [-0.2, 0) is 24.0 Å². The monoisotopic (exact) mass is 459 g/mol. The highest BCUT2D eigenvalue weighted by Gasteiger charge is 2.30. The lowest BCUT2D eigenvalue weighted by molar-refractivity contribution is -0.144. The van der Waals surface area contributed by atoms with Crippen LogP contribution in [0.25, 0.3) is 0 Å². The summed E-state index contributed by atoms with van der Waals surface area (Å²) in [4.78, 5) is 63.0. The van der Waals surface area contributed by atoms with Crippen molar-refractivity contribution in [1.82, 2.24) is 16.0 Å². The van der Waals surface area contributed by atoms with Crippen molar-refractivity contribution >= 4 is 35.6 Å². The number of rotatable bonds is 14. The quantitative estimate of drug-likeness (QED) is 0.0744. The maximum absolute atomic E-state index is 12.5. The standard InChI is InChI=1S/C18H33N7O7/c1-8(2)13(17(31)32)25-14(28)9(3)23-16(30)11(7-12(26)27)24-15(29)10(19)5-4-6-22-18(20)21/h8-11,13H,4-7,19H2,1-3H3,(H,23,30)(H,24,29)(H,25,28)(H,26,27)(H,31,32)(H4,20,21,22). The van der Waals surface area contributed by atoms with E-state index in [2.05, 4.69) is 20.9 Å². The molecule has 0 aromatic carbocycles. The van der Waals surface area contributed by atoms with Gasteiger partial charge in [0, 0.05) is 6.54 Å². The zero-order valence-electron chi connectivity index (χ0n) is 18.3. The predicted octanol–water partition coefficient (Wildman–Crippen LogP) is -2.94. The first-order valence-electron chi connectivity index (χ1n) is 9.92. The van der Waals surface area contributed by atoms with Gasteiger partial charge in [-0.15, -0.1) is 0 Å². The summed E-state index contributed by atoms with van der Waals surface area (Å²) < 4.78 is 0. The van der Waals surface area contributed by atoms with Gasteiger partial charge in [0.2, 0.25) is 17.7 Å². The Kier molecular flexibility index (Phi) is 12.3. The molecular formula is C18H33N7O7. The molecule has 0 aromatic heterocycles. The van der Waals surface area contributed by atoms with Gasteiger partial charge >= 0.3 is 11.9 Å². The molecule has 0 aliphatic heterocycles. The third-order valence-corrected chi connectivity index (χ3v) is 4.30. The van der Waals surface area contributed by atoms with Gasteiger partial charge in [-0.25, -0.2) is 4.79 Å². The summed E-state index contributed by atoms with van der Waals surface area (Å²) >= 11 is 0. The minimum absolute atomic E-state index is 0.109. The molecule has 11 N–H and O–H groups in total. The van der Waals surface area contributed by atoms with E-state index in [0.717, 1.165) is 0 Å². The molecule has 3 amide bonds. The summed E-state index contributed by atoms with van der Waals surface area (Å²) in [6.07, 6.45) is -0.203. The fraction of sp³-hybridized carbons (Fsp3) is 0.667. The molecule has 0 aromatic rings. The Morgan fingerprint density at radius 3 is 1.97 bits per heavy atom. The van der Waals surface area contributed by atoms with Crippen molar-refractivity contribution in [2.75, 3.05) is 6.54 Å². The zero-order chi connectivity index (χ0) is 25.0. The molecule has 14 heteroatoms. The van der Waals surface area contributed by atoms with Crippen LogP contribution in [0.4, 0.5) is 0 Å². The van der Waals surface area contributed by atoms with Crippen LogP contribution in [0.2, 0.25) is 0 Å². The molecule has 0 radical (unpaired) electrons. The van der Waals surface area contributed by atoms with Gasteiger partial charge in [-0.2, -0.15) is 0 Å². The highest BCUT2D eigenvalue weighted by Crippen LogP contribution is 2.03. The lowest BCUT2D eigenvalue weighted by Gasteiger charge is -2.23. The summed E-state index contributed by atoms with van der Waals surface area (Å²) in [5, 5.41) is 25.0. The largest absolute Gasteiger partial charge is 0.481 e. The normalized spacial score (nSPS) is 14.4. The number of guanidine groups is 1. The predicted molar refractivity (Wildman–Crippen MR) is 114 cm³/mol. The van der Waals surface area contributed by atoms with Crippen LogP contribution in [0.1, 0.15) is 40.0 Å². The molecule has 0 fully saturated rings. The van der Waals surface area contributed by atoms with Crippen molar-refractivity contribution < 1.29 is 34.2 Å². The molecule has 4 unspecified atom stereocenters. The number of nitrogens with zero attached hydrogens (tertiary/aromatic N) is 1. The second-order valence-electron chi connectivity index (χ2n) is 7.51. The molecular weight excluding hydrogens is 426 g/mol. The van der Waals surface area contributed by atoms with Gasteiger partial charge in [-0.05, 0) is 25.7 Å². The first-order chi connectivity index (χ1) is 14.8. The van der Waals surface area contributed by atoms with Crippen molar-refractivity contribution in [3.8, 4) is 0 Å². The Bertz CT molecular complexity index is 722. The van der Waals surface area contributed by atoms with Gasteiger partial charge in [0.15, 0.2) is 5.96 Å². The van der Waals surface area contributed by atoms with Gasteiger partial charge in [-0.3, -0.25) is 24.2 Å². The van der Waals surface area contributed by atoms with E-state index < -0.39 is 66.2 Å². The van der Waals surface area contributed by atoms with E-state index in [1.165, 1.54) is 6.92 Å². The molecule has 32 heavy (non-hydrogen) atoms. The maximum Gasteiger partial charge on any atom is 0.326 e. The van der Waals surface area contributed by atoms with Crippen LogP contribution in [0.15, 0.2) is 4.99 Å². The number of hydrogen-bond donors (Lipinski definition) is 8. The van der Waals surface area contributed by atoms with Crippen molar-refractivity contribution in [3.05, 3.63) is 0 Å². The van der Waals surface area contributed by atoms with Crippen LogP contribution in [0.3, 0.4) is 0 Å². The molecule has 0 heterocycles. The van der Waals surface area contributed by atoms with Gasteiger partial charge in [0.25, 0.3) is 0 Å². The molecule has 14 nitrogen and oxygen atoms in total. The number of aliphatic carboxylic acids is 2. The van der Waals surface area contributed by atoms with Crippen LogP contribution in [0, 0.1) is 5.92 Å².